The van der Waals surface area contributed by atoms with E-state index in [1.165, 1.54) is 45.5 Å². The molecule has 38 heavy (non-hydrogen) atoms. The van der Waals surface area contributed by atoms with Gasteiger partial charge in [-0.05, 0) is 102 Å². The van der Waals surface area contributed by atoms with E-state index in [0.717, 1.165) is 27.4 Å². The van der Waals surface area contributed by atoms with Gasteiger partial charge in [-0.1, -0.05) is 64.1 Å². The van der Waals surface area contributed by atoms with E-state index in [1.807, 2.05) is 0 Å². The fraction of sp³-hybridized carbons (Fsp3) is 0.412. The lowest BCUT2D eigenvalue weighted by Crippen LogP contribution is -2.41. The molecule has 0 N–H and O–H groups in total. The first-order chi connectivity index (χ1) is 17.8. The van der Waals surface area contributed by atoms with E-state index >= 15 is 0 Å². The van der Waals surface area contributed by atoms with Gasteiger partial charge >= 0.3 is 7.12 Å². The van der Waals surface area contributed by atoms with Gasteiger partial charge in [0.1, 0.15) is 11.2 Å². The van der Waals surface area contributed by atoms with Crippen LogP contribution in [0, 0.1) is 0 Å². The van der Waals surface area contributed by atoms with Crippen LogP contribution in [0.3, 0.4) is 0 Å². The molecular formula is C34H37BO3. The van der Waals surface area contributed by atoms with Gasteiger partial charge in [-0.3, -0.25) is 0 Å². The second-order valence-electron chi connectivity index (χ2n) is 13.9. The SMILES string of the molecule is CC1(C)CCC(C)(C)c2cc3c(ccc4cc5c(cc43)oc3c(B4OC(C)(C)C(C)(C)O4)cccc35)cc21. The van der Waals surface area contributed by atoms with E-state index in [0.29, 0.717) is 0 Å². The second kappa shape index (κ2) is 7.43. The quantitative estimate of drug-likeness (QED) is 0.169. The summed E-state index contributed by atoms with van der Waals surface area (Å²) in [5.41, 5.74) is 5.25. The summed E-state index contributed by atoms with van der Waals surface area (Å²) >= 11 is 0. The van der Waals surface area contributed by atoms with Gasteiger partial charge in [0, 0.05) is 16.2 Å². The monoisotopic (exact) mass is 504 g/mol. The summed E-state index contributed by atoms with van der Waals surface area (Å²) in [6.45, 7) is 17.9. The molecule has 0 bridgehead atoms. The molecule has 1 fully saturated rings. The molecule has 2 aliphatic rings. The van der Waals surface area contributed by atoms with E-state index in [-0.39, 0.29) is 10.8 Å². The Labute approximate surface area is 225 Å². The molecule has 3 nitrogen and oxygen atoms in total. The van der Waals surface area contributed by atoms with Gasteiger partial charge in [-0.2, -0.15) is 0 Å². The molecule has 2 heterocycles. The van der Waals surface area contributed by atoms with Crippen LogP contribution in [0.1, 0.15) is 79.4 Å². The topological polar surface area (TPSA) is 31.6 Å². The number of furan rings is 1. The molecule has 0 amide bonds. The van der Waals surface area contributed by atoms with Crippen LogP contribution in [-0.4, -0.2) is 18.3 Å². The van der Waals surface area contributed by atoms with Crippen molar-refractivity contribution in [2.75, 3.05) is 0 Å². The molecule has 5 aromatic rings. The highest BCUT2D eigenvalue weighted by atomic mass is 16.7. The second-order valence-corrected chi connectivity index (χ2v) is 13.9. The van der Waals surface area contributed by atoms with Crippen molar-refractivity contribution in [1.82, 2.24) is 0 Å². The van der Waals surface area contributed by atoms with Crippen LogP contribution in [0.25, 0.3) is 43.5 Å². The van der Waals surface area contributed by atoms with Gasteiger partial charge in [0.25, 0.3) is 0 Å². The smallest absolute Gasteiger partial charge is 0.456 e. The highest BCUT2D eigenvalue weighted by Crippen LogP contribution is 2.48. The maximum absolute atomic E-state index is 6.62. The van der Waals surface area contributed by atoms with E-state index in [9.17, 15) is 0 Å². The van der Waals surface area contributed by atoms with Crippen molar-refractivity contribution in [2.24, 2.45) is 0 Å². The predicted octanol–water partition coefficient (Wildman–Crippen LogP) is 8.54. The van der Waals surface area contributed by atoms with Crippen molar-refractivity contribution in [2.45, 2.75) is 90.3 Å². The van der Waals surface area contributed by atoms with Gasteiger partial charge in [0.05, 0.1) is 11.2 Å². The first-order valence-electron chi connectivity index (χ1n) is 14.0. The molecule has 0 atom stereocenters. The summed E-state index contributed by atoms with van der Waals surface area (Å²) in [6.07, 6.45) is 2.43. The first kappa shape index (κ1) is 24.2. The number of rotatable bonds is 1. The molecule has 4 heteroatoms. The molecule has 1 aromatic heterocycles. The van der Waals surface area contributed by atoms with Crippen molar-refractivity contribution < 1.29 is 13.7 Å². The van der Waals surface area contributed by atoms with Crippen molar-refractivity contribution in [3.63, 3.8) is 0 Å². The minimum Gasteiger partial charge on any atom is -0.456 e. The predicted molar refractivity (Wildman–Crippen MR) is 160 cm³/mol. The summed E-state index contributed by atoms with van der Waals surface area (Å²) in [4.78, 5) is 0. The maximum Gasteiger partial charge on any atom is 0.498 e. The molecule has 194 valence electrons. The molecule has 0 saturated carbocycles. The molecule has 1 aliphatic carbocycles. The van der Waals surface area contributed by atoms with Crippen LogP contribution in [0.15, 0.2) is 59.0 Å². The van der Waals surface area contributed by atoms with Crippen LogP contribution in [0.5, 0.6) is 0 Å². The number of para-hydroxylation sites is 1. The Morgan fingerprint density at radius 2 is 1.18 bits per heavy atom. The van der Waals surface area contributed by atoms with Crippen LogP contribution in [0.2, 0.25) is 0 Å². The number of benzene rings is 4. The number of hydrogen-bond acceptors (Lipinski definition) is 3. The standard InChI is InChI=1S/C34H37BO3/c1-31(2)14-15-32(3,4)27-18-23-21(17-26(27)31)13-12-20-16-25-22-10-9-11-28(30(22)36-29(25)19-24(20)23)35-37-33(5,6)34(7,8)38-35/h9-13,16-19H,14-15H2,1-8H3. The maximum atomic E-state index is 6.62. The van der Waals surface area contributed by atoms with Crippen molar-refractivity contribution >= 4 is 56.1 Å². The Balaban J connectivity index is 1.46. The molecule has 7 rings (SSSR count). The van der Waals surface area contributed by atoms with Gasteiger partial charge < -0.3 is 13.7 Å². The van der Waals surface area contributed by atoms with E-state index in [2.05, 4.69) is 110 Å². The average Bonchev–Trinajstić information content (AvgIpc) is 3.32. The van der Waals surface area contributed by atoms with Crippen LogP contribution in [0.4, 0.5) is 0 Å². The largest absolute Gasteiger partial charge is 0.498 e. The Hall–Kier alpha value is -2.82. The van der Waals surface area contributed by atoms with E-state index in [1.54, 1.807) is 0 Å². The molecule has 0 unspecified atom stereocenters. The molecule has 1 aliphatic heterocycles. The zero-order valence-corrected chi connectivity index (χ0v) is 23.9. The third-order valence-corrected chi connectivity index (χ3v) is 9.96. The Bertz CT molecular complexity index is 1770. The number of hydrogen-bond donors (Lipinski definition) is 0. The van der Waals surface area contributed by atoms with Crippen molar-refractivity contribution in [1.29, 1.82) is 0 Å². The minimum absolute atomic E-state index is 0.169. The third-order valence-electron chi connectivity index (χ3n) is 9.96. The molecule has 0 spiro atoms. The summed E-state index contributed by atoms with van der Waals surface area (Å²) < 4.78 is 19.4. The molecule has 1 saturated heterocycles. The van der Waals surface area contributed by atoms with Gasteiger partial charge in [-0.15, -0.1) is 0 Å². The molecule has 4 aromatic carbocycles. The van der Waals surface area contributed by atoms with Crippen molar-refractivity contribution in [3.8, 4) is 0 Å². The normalized spacial score (nSPS) is 21.5. The Morgan fingerprint density at radius 1 is 0.605 bits per heavy atom. The van der Waals surface area contributed by atoms with Crippen molar-refractivity contribution in [3.05, 3.63) is 65.7 Å². The van der Waals surface area contributed by atoms with Crippen LogP contribution in [-0.2, 0) is 20.1 Å². The zero-order chi connectivity index (χ0) is 26.8. The van der Waals surface area contributed by atoms with Gasteiger partial charge in [0.15, 0.2) is 0 Å². The fourth-order valence-corrected chi connectivity index (χ4v) is 6.59. The zero-order valence-electron chi connectivity index (χ0n) is 23.9. The minimum atomic E-state index is -0.461. The first-order valence-corrected chi connectivity index (χ1v) is 14.0. The highest BCUT2D eigenvalue weighted by molar-refractivity contribution is 6.65. The lowest BCUT2D eigenvalue weighted by atomic mass is 9.62. The number of fused-ring (bicyclic) bond motifs is 7. The van der Waals surface area contributed by atoms with Gasteiger partial charge in [-0.25, -0.2) is 0 Å². The van der Waals surface area contributed by atoms with E-state index < -0.39 is 18.3 Å². The summed E-state index contributed by atoms with van der Waals surface area (Å²) in [5.74, 6) is 0. The average molecular weight is 504 g/mol. The molecular weight excluding hydrogens is 467 g/mol. The Kier molecular flexibility index (Phi) is 4.74. The van der Waals surface area contributed by atoms with E-state index in [4.69, 9.17) is 13.7 Å². The van der Waals surface area contributed by atoms with Gasteiger partial charge in [0.2, 0.25) is 0 Å². The highest BCUT2D eigenvalue weighted by Gasteiger charge is 2.52. The van der Waals surface area contributed by atoms with Crippen LogP contribution < -0.4 is 5.46 Å². The van der Waals surface area contributed by atoms with Crippen LogP contribution >= 0.6 is 0 Å². The molecule has 0 radical (unpaired) electrons. The lowest BCUT2D eigenvalue weighted by Gasteiger charge is -2.42. The Morgan fingerprint density at radius 3 is 1.84 bits per heavy atom. The summed E-state index contributed by atoms with van der Waals surface area (Å²) in [5, 5.41) is 7.32. The summed E-state index contributed by atoms with van der Waals surface area (Å²) in [7, 11) is -0.461. The summed E-state index contributed by atoms with van der Waals surface area (Å²) in [6, 6.07) is 20.3. The fourth-order valence-electron chi connectivity index (χ4n) is 6.59. The lowest BCUT2D eigenvalue weighted by molar-refractivity contribution is 0.00578. The third kappa shape index (κ3) is 3.29.